The Morgan fingerprint density at radius 2 is 0.511 bits per heavy atom. The van der Waals surface area contributed by atoms with Crippen molar-refractivity contribution in [3.8, 4) is 66.8 Å². The molecular formula is C86H50O2. The molecule has 0 aliphatic heterocycles. The number of hydrogen-bond acceptors (Lipinski definition) is 2. The van der Waals surface area contributed by atoms with Gasteiger partial charge in [0.15, 0.2) is 0 Å². The lowest BCUT2D eigenvalue weighted by Gasteiger charge is -2.21. The van der Waals surface area contributed by atoms with Crippen LogP contribution in [-0.4, -0.2) is 0 Å². The average molecular weight is 1120 g/mol. The summed E-state index contributed by atoms with van der Waals surface area (Å²) in [4.78, 5) is 0. The van der Waals surface area contributed by atoms with Gasteiger partial charge in [0.2, 0.25) is 0 Å². The van der Waals surface area contributed by atoms with E-state index in [0.29, 0.717) is 0 Å². The summed E-state index contributed by atoms with van der Waals surface area (Å²) in [6, 6.07) is 112. The molecule has 406 valence electrons. The molecule has 0 aliphatic carbocycles. The van der Waals surface area contributed by atoms with E-state index in [1.54, 1.807) is 0 Å². The zero-order valence-corrected chi connectivity index (χ0v) is 47.7. The molecule has 0 saturated carbocycles. The van der Waals surface area contributed by atoms with Gasteiger partial charge in [-0.2, -0.15) is 0 Å². The number of furan rings is 2. The molecule has 0 N–H and O–H groups in total. The van der Waals surface area contributed by atoms with Gasteiger partial charge in [-0.05, 0) is 220 Å². The van der Waals surface area contributed by atoms with E-state index >= 15 is 0 Å². The summed E-state index contributed by atoms with van der Waals surface area (Å²) < 4.78 is 13.6. The molecule has 0 atom stereocenters. The Balaban J connectivity index is 0.891. The number of benzene rings is 17. The van der Waals surface area contributed by atoms with E-state index in [1.807, 2.05) is 0 Å². The second-order valence-electron chi connectivity index (χ2n) is 23.7. The van der Waals surface area contributed by atoms with Crippen molar-refractivity contribution in [2.24, 2.45) is 0 Å². The van der Waals surface area contributed by atoms with Gasteiger partial charge in [0.25, 0.3) is 0 Å². The maximum absolute atomic E-state index is 6.82. The maximum atomic E-state index is 6.82. The molecule has 0 saturated heterocycles. The molecule has 0 amide bonds. The molecular weight excluding hydrogens is 1060 g/mol. The van der Waals surface area contributed by atoms with E-state index in [4.69, 9.17) is 8.83 Å². The Kier molecular flexibility index (Phi) is 10.5. The summed E-state index contributed by atoms with van der Waals surface area (Å²) in [6.07, 6.45) is 0. The quantitative estimate of drug-likeness (QED) is 0.123. The molecule has 0 spiro atoms. The second kappa shape index (κ2) is 19.0. The average Bonchev–Trinajstić information content (AvgIpc) is 0.952. The SMILES string of the molecule is c1ccc(-c2ccccc2-c2c3ccccc3c(-c3ccc4c(c3)oc3cc5ccccc5cc34)c3ccc(-c4ccc5c(-c6ccc7c(c6)oc6cc8ccccc8cc67)c6ccccc6c(-c6cc7ccccc7c7ccccc67)c5c4)cc23)cc1. The molecule has 2 aromatic heterocycles. The Morgan fingerprint density at radius 1 is 0.148 bits per heavy atom. The molecule has 19 rings (SSSR count). The minimum atomic E-state index is 0.874. The minimum absolute atomic E-state index is 0.874. The Morgan fingerprint density at radius 3 is 1.05 bits per heavy atom. The van der Waals surface area contributed by atoms with Crippen molar-refractivity contribution >= 4 is 130 Å². The smallest absolute Gasteiger partial charge is 0.136 e. The molecule has 88 heavy (non-hydrogen) atoms. The van der Waals surface area contributed by atoms with Crippen molar-refractivity contribution in [1.82, 2.24) is 0 Å². The van der Waals surface area contributed by atoms with Crippen molar-refractivity contribution in [1.29, 1.82) is 0 Å². The summed E-state index contributed by atoms with van der Waals surface area (Å²) >= 11 is 0. The van der Waals surface area contributed by atoms with Crippen molar-refractivity contribution in [3.05, 3.63) is 303 Å². The van der Waals surface area contributed by atoms with Crippen LogP contribution in [0.1, 0.15) is 0 Å². The minimum Gasteiger partial charge on any atom is -0.456 e. The predicted octanol–water partition coefficient (Wildman–Crippen LogP) is 24.7. The number of fused-ring (bicyclic) bond motifs is 15. The van der Waals surface area contributed by atoms with Gasteiger partial charge in [0.1, 0.15) is 22.3 Å². The van der Waals surface area contributed by atoms with E-state index in [-0.39, 0.29) is 0 Å². The van der Waals surface area contributed by atoms with Crippen LogP contribution in [0.15, 0.2) is 312 Å². The third-order valence-electron chi connectivity index (χ3n) is 19.0. The number of hydrogen-bond donors (Lipinski definition) is 0. The fourth-order valence-corrected chi connectivity index (χ4v) is 15.0. The first kappa shape index (κ1) is 48.8. The van der Waals surface area contributed by atoms with Gasteiger partial charge in [0.05, 0.1) is 0 Å². The largest absolute Gasteiger partial charge is 0.456 e. The highest BCUT2D eigenvalue weighted by Crippen LogP contribution is 2.51. The molecule has 17 aromatic carbocycles. The first-order chi connectivity index (χ1) is 43.6. The maximum Gasteiger partial charge on any atom is 0.136 e. The first-order valence-electron chi connectivity index (χ1n) is 30.4. The van der Waals surface area contributed by atoms with Gasteiger partial charge in [-0.25, -0.2) is 0 Å². The van der Waals surface area contributed by atoms with E-state index in [2.05, 4.69) is 303 Å². The van der Waals surface area contributed by atoms with Crippen LogP contribution in [0.25, 0.3) is 197 Å². The lowest BCUT2D eigenvalue weighted by molar-refractivity contribution is 0.669. The molecule has 0 aliphatic rings. The van der Waals surface area contributed by atoms with Crippen molar-refractivity contribution in [2.45, 2.75) is 0 Å². The molecule has 0 radical (unpaired) electrons. The molecule has 2 heterocycles. The van der Waals surface area contributed by atoms with E-state index < -0.39 is 0 Å². The van der Waals surface area contributed by atoms with Crippen LogP contribution in [0.2, 0.25) is 0 Å². The highest BCUT2D eigenvalue weighted by molar-refractivity contribution is 6.28. The highest BCUT2D eigenvalue weighted by atomic mass is 16.3. The van der Waals surface area contributed by atoms with Crippen LogP contribution in [0, 0.1) is 0 Å². The predicted molar refractivity (Wildman–Crippen MR) is 374 cm³/mol. The van der Waals surface area contributed by atoms with Crippen LogP contribution < -0.4 is 0 Å². The number of rotatable bonds is 6. The molecule has 0 unspecified atom stereocenters. The summed E-state index contributed by atoms with van der Waals surface area (Å²) in [5.41, 5.74) is 17.6. The standard InChI is InChI=1S/C86H50O2/c1-2-18-51(19-3-1)61-25-10-13-29-67(61)85-70-32-16-14-30-68(70)83(59-36-38-65-74-42-52-20-4-6-22-54(52)47-81(74)87-79(65)49-59)72-40-34-56(44-77(72)85)57-35-41-73-78(45-57)86(76-46-58-24-8-9-26-62(58)63-27-11-12-28-64(63)76)71-33-17-15-31-69(71)84(73)60-37-39-66-75-43-53-21-5-7-23-55(53)48-82(75)88-80(66)50-60/h1-50H. The normalized spacial score (nSPS) is 12.1. The molecule has 2 heteroatoms. The molecule has 2 nitrogen and oxygen atoms in total. The van der Waals surface area contributed by atoms with Crippen LogP contribution in [0.3, 0.4) is 0 Å². The van der Waals surface area contributed by atoms with Gasteiger partial charge in [-0.15, -0.1) is 0 Å². The zero-order valence-electron chi connectivity index (χ0n) is 47.7. The lowest BCUT2D eigenvalue weighted by atomic mass is 9.81. The zero-order chi connectivity index (χ0) is 57.6. The Labute approximate surface area is 506 Å². The fourth-order valence-electron chi connectivity index (χ4n) is 15.0. The van der Waals surface area contributed by atoms with Gasteiger partial charge in [-0.3, -0.25) is 0 Å². The second-order valence-corrected chi connectivity index (χ2v) is 23.7. The van der Waals surface area contributed by atoms with E-state index in [9.17, 15) is 0 Å². The van der Waals surface area contributed by atoms with Crippen LogP contribution in [0.4, 0.5) is 0 Å². The fraction of sp³-hybridized carbons (Fsp3) is 0. The third kappa shape index (κ3) is 7.36. The third-order valence-corrected chi connectivity index (χ3v) is 19.0. The van der Waals surface area contributed by atoms with E-state index in [1.165, 1.54) is 131 Å². The first-order valence-corrected chi connectivity index (χ1v) is 30.4. The Bertz CT molecular complexity index is 6180. The van der Waals surface area contributed by atoms with Crippen LogP contribution >= 0.6 is 0 Å². The molecule has 19 aromatic rings. The van der Waals surface area contributed by atoms with Crippen molar-refractivity contribution in [3.63, 3.8) is 0 Å². The van der Waals surface area contributed by atoms with Gasteiger partial charge in [-0.1, -0.05) is 237 Å². The van der Waals surface area contributed by atoms with Gasteiger partial charge >= 0.3 is 0 Å². The summed E-state index contributed by atoms with van der Waals surface area (Å²) in [5, 5.41) is 23.6. The summed E-state index contributed by atoms with van der Waals surface area (Å²) in [6.45, 7) is 0. The molecule has 0 fully saturated rings. The van der Waals surface area contributed by atoms with Crippen molar-refractivity contribution < 1.29 is 8.83 Å². The van der Waals surface area contributed by atoms with Crippen LogP contribution in [0.5, 0.6) is 0 Å². The van der Waals surface area contributed by atoms with E-state index in [0.717, 1.165) is 66.1 Å². The summed E-state index contributed by atoms with van der Waals surface area (Å²) in [5.74, 6) is 0. The van der Waals surface area contributed by atoms with Gasteiger partial charge in [0, 0.05) is 21.5 Å². The van der Waals surface area contributed by atoms with Gasteiger partial charge < -0.3 is 8.83 Å². The van der Waals surface area contributed by atoms with Crippen molar-refractivity contribution in [2.75, 3.05) is 0 Å². The Hall–Kier alpha value is -11.6. The molecule has 0 bridgehead atoms. The topological polar surface area (TPSA) is 26.3 Å². The summed E-state index contributed by atoms with van der Waals surface area (Å²) in [7, 11) is 0. The lowest BCUT2D eigenvalue weighted by Crippen LogP contribution is -1.94. The highest BCUT2D eigenvalue weighted by Gasteiger charge is 2.24. The van der Waals surface area contributed by atoms with Crippen LogP contribution in [-0.2, 0) is 0 Å². The monoisotopic (exact) mass is 1110 g/mol.